The number of rotatable bonds is 2. The molecule has 0 spiro atoms. The second-order valence-electron chi connectivity index (χ2n) is 4.44. The summed E-state index contributed by atoms with van der Waals surface area (Å²) in [5.74, 6) is -0.581. The van der Waals surface area contributed by atoms with Gasteiger partial charge in [0.1, 0.15) is 5.75 Å². The smallest absolute Gasteiger partial charge is 0.427 e. The van der Waals surface area contributed by atoms with Gasteiger partial charge in [-0.3, -0.25) is 9.78 Å². The lowest BCUT2D eigenvalue weighted by molar-refractivity contribution is -0.114. The van der Waals surface area contributed by atoms with Gasteiger partial charge in [0.05, 0.1) is 16.4 Å². The Morgan fingerprint density at radius 2 is 2.09 bits per heavy atom. The van der Waals surface area contributed by atoms with Crippen molar-refractivity contribution in [3.8, 4) is 5.75 Å². The molecule has 0 saturated carbocycles. The van der Waals surface area contributed by atoms with Gasteiger partial charge in [0.2, 0.25) is 0 Å². The largest absolute Gasteiger partial charge is 0.507 e. The van der Waals surface area contributed by atoms with Crippen LogP contribution in [0.4, 0.5) is 10.5 Å². The van der Waals surface area contributed by atoms with E-state index in [1.165, 1.54) is 18.3 Å². The molecule has 0 bridgehead atoms. The number of phenolic OH excluding ortho intramolecular Hbond substituents is 1. The minimum atomic E-state index is -0.776. The van der Waals surface area contributed by atoms with E-state index in [-0.39, 0.29) is 11.5 Å². The maximum Gasteiger partial charge on any atom is 0.427 e. The predicted octanol–water partition coefficient (Wildman–Crippen LogP) is 3.07. The van der Waals surface area contributed by atoms with Gasteiger partial charge in [-0.2, -0.15) is 0 Å². The third kappa shape index (κ3) is 2.58. The number of hydrogen-bond acceptors (Lipinski definition) is 5. The van der Waals surface area contributed by atoms with Crippen LogP contribution in [0.2, 0.25) is 0 Å². The molecule has 2 heterocycles. The Morgan fingerprint density at radius 3 is 2.77 bits per heavy atom. The van der Waals surface area contributed by atoms with E-state index in [0.717, 1.165) is 4.90 Å². The highest BCUT2D eigenvalue weighted by Crippen LogP contribution is 2.28. The number of amides is 2. The fraction of sp³-hybridized carbons (Fsp3) is 0. The third-order valence-corrected chi connectivity index (χ3v) is 3.60. The van der Waals surface area contributed by atoms with Gasteiger partial charge in [-0.25, -0.2) is 9.69 Å². The van der Waals surface area contributed by atoms with E-state index in [4.69, 9.17) is 4.74 Å². The van der Waals surface area contributed by atoms with Gasteiger partial charge in [-0.05, 0) is 51.8 Å². The number of phenols is 1. The molecule has 2 amide bonds. The summed E-state index contributed by atoms with van der Waals surface area (Å²) in [4.78, 5) is 29.0. The summed E-state index contributed by atoms with van der Waals surface area (Å²) in [7, 11) is 0. The molecule has 7 heteroatoms. The normalized spacial score (nSPS) is 16.2. The number of nitrogens with zero attached hydrogens (tertiary/aromatic N) is 2. The van der Waals surface area contributed by atoms with E-state index in [9.17, 15) is 14.7 Å². The SMILES string of the molecule is O=C1O/C(=C\c2ccc(O)c(Br)c2)C(=O)N1c1cccnc1. The minimum Gasteiger partial charge on any atom is -0.507 e. The molecular formula is C15H9BrN2O4. The van der Waals surface area contributed by atoms with Crippen LogP contribution in [0, 0.1) is 0 Å². The quantitative estimate of drug-likeness (QED) is 0.832. The molecule has 0 radical (unpaired) electrons. The maximum absolute atomic E-state index is 12.3. The first kappa shape index (κ1) is 14.3. The molecule has 22 heavy (non-hydrogen) atoms. The number of anilines is 1. The fourth-order valence-corrected chi connectivity index (χ4v) is 2.34. The number of aromatic nitrogens is 1. The molecule has 0 aliphatic carbocycles. The van der Waals surface area contributed by atoms with Gasteiger partial charge in [-0.15, -0.1) is 0 Å². The number of aromatic hydroxyl groups is 1. The molecule has 1 aliphatic rings. The number of carbonyl (C=O) groups excluding carboxylic acids is 2. The molecule has 1 aromatic carbocycles. The van der Waals surface area contributed by atoms with E-state index >= 15 is 0 Å². The van der Waals surface area contributed by atoms with Gasteiger partial charge in [-0.1, -0.05) is 6.07 Å². The van der Waals surface area contributed by atoms with Crippen molar-refractivity contribution in [2.45, 2.75) is 0 Å². The van der Waals surface area contributed by atoms with Crippen molar-refractivity contribution in [3.63, 3.8) is 0 Å². The Balaban J connectivity index is 1.93. The maximum atomic E-state index is 12.3. The average molecular weight is 361 g/mol. The first-order valence-corrected chi connectivity index (χ1v) is 7.02. The van der Waals surface area contributed by atoms with Crippen molar-refractivity contribution in [2.75, 3.05) is 4.90 Å². The Kier molecular flexibility index (Phi) is 3.64. The van der Waals surface area contributed by atoms with Crippen molar-refractivity contribution >= 4 is 39.7 Å². The third-order valence-electron chi connectivity index (χ3n) is 2.97. The van der Waals surface area contributed by atoms with Crippen LogP contribution in [0.25, 0.3) is 6.08 Å². The Hall–Kier alpha value is -2.67. The topological polar surface area (TPSA) is 79.7 Å². The van der Waals surface area contributed by atoms with Gasteiger partial charge in [0.25, 0.3) is 0 Å². The summed E-state index contributed by atoms with van der Waals surface area (Å²) in [6.07, 6.45) is 3.60. The molecule has 2 aromatic rings. The van der Waals surface area contributed by atoms with E-state index in [2.05, 4.69) is 20.9 Å². The van der Waals surface area contributed by atoms with Gasteiger partial charge < -0.3 is 9.84 Å². The highest BCUT2D eigenvalue weighted by molar-refractivity contribution is 9.10. The van der Waals surface area contributed by atoms with Crippen LogP contribution < -0.4 is 4.90 Å². The highest BCUT2D eigenvalue weighted by Gasteiger charge is 2.37. The molecule has 110 valence electrons. The number of hydrogen-bond donors (Lipinski definition) is 1. The van der Waals surface area contributed by atoms with Crippen LogP contribution in [0.1, 0.15) is 5.56 Å². The van der Waals surface area contributed by atoms with Gasteiger partial charge >= 0.3 is 12.0 Å². The second kappa shape index (κ2) is 5.61. The number of cyclic esters (lactones) is 1. The summed E-state index contributed by atoms with van der Waals surface area (Å²) in [6.45, 7) is 0. The molecule has 0 atom stereocenters. The van der Waals surface area contributed by atoms with E-state index in [1.54, 1.807) is 30.5 Å². The Bertz CT molecular complexity index is 789. The lowest BCUT2D eigenvalue weighted by atomic mass is 10.2. The number of carbonyl (C=O) groups is 2. The minimum absolute atomic E-state index is 0.0777. The highest BCUT2D eigenvalue weighted by atomic mass is 79.9. The van der Waals surface area contributed by atoms with Gasteiger partial charge in [0.15, 0.2) is 5.76 Å². The number of ether oxygens (including phenoxy) is 1. The zero-order chi connectivity index (χ0) is 15.7. The summed E-state index contributed by atoms with van der Waals surface area (Å²) in [5, 5.41) is 9.45. The molecule has 1 saturated heterocycles. The fourth-order valence-electron chi connectivity index (χ4n) is 1.94. The summed E-state index contributed by atoms with van der Waals surface area (Å²) in [6, 6.07) is 7.88. The van der Waals surface area contributed by atoms with Crippen LogP contribution in [-0.4, -0.2) is 22.1 Å². The van der Waals surface area contributed by atoms with Crippen LogP contribution in [0.15, 0.2) is 53.0 Å². The number of benzene rings is 1. The molecule has 1 aliphatic heterocycles. The Labute approximate surface area is 133 Å². The lowest BCUT2D eigenvalue weighted by Gasteiger charge is -2.08. The van der Waals surface area contributed by atoms with Crippen LogP contribution in [0.3, 0.4) is 0 Å². The van der Waals surface area contributed by atoms with E-state index in [1.807, 2.05) is 0 Å². The Morgan fingerprint density at radius 1 is 1.27 bits per heavy atom. The van der Waals surface area contributed by atoms with Crippen molar-refractivity contribution in [2.24, 2.45) is 0 Å². The van der Waals surface area contributed by atoms with E-state index in [0.29, 0.717) is 15.7 Å². The molecule has 1 fully saturated rings. The molecule has 0 unspecified atom stereocenters. The summed E-state index contributed by atoms with van der Waals surface area (Å²) in [5.41, 5.74) is 0.946. The summed E-state index contributed by atoms with van der Waals surface area (Å²) >= 11 is 3.18. The number of imide groups is 1. The summed E-state index contributed by atoms with van der Waals surface area (Å²) < 4.78 is 5.48. The first-order valence-electron chi connectivity index (χ1n) is 6.23. The number of halogens is 1. The zero-order valence-electron chi connectivity index (χ0n) is 11.1. The van der Waals surface area contributed by atoms with Crippen molar-refractivity contribution in [1.82, 2.24) is 4.98 Å². The van der Waals surface area contributed by atoms with Crippen LogP contribution in [0.5, 0.6) is 5.75 Å². The van der Waals surface area contributed by atoms with Gasteiger partial charge in [0, 0.05) is 6.20 Å². The zero-order valence-corrected chi connectivity index (χ0v) is 12.6. The average Bonchev–Trinajstić information content (AvgIpc) is 2.78. The van der Waals surface area contributed by atoms with Crippen molar-refractivity contribution in [1.29, 1.82) is 0 Å². The van der Waals surface area contributed by atoms with Crippen LogP contribution in [-0.2, 0) is 9.53 Å². The van der Waals surface area contributed by atoms with Crippen molar-refractivity contribution in [3.05, 3.63) is 58.5 Å². The van der Waals surface area contributed by atoms with Crippen LogP contribution >= 0.6 is 15.9 Å². The molecule has 1 N–H and O–H groups in total. The second-order valence-corrected chi connectivity index (χ2v) is 5.29. The first-order chi connectivity index (χ1) is 10.6. The lowest BCUT2D eigenvalue weighted by Crippen LogP contribution is -2.28. The molecule has 3 rings (SSSR count). The predicted molar refractivity (Wildman–Crippen MR) is 82.0 cm³/mol. The monoisotopic (exact) mass is 360 g/mol. The molecule has 1 aromatic heterocycles. The molecule has 6 nitrogen and oxygen atoms in total. The van der Waals surface area contributed by atoms with Crippen molar-refractivity contribution < 1.29 is 19.4 Å². The number of pyridine rings is 1. The van der Waals surface area contributed by atoms with E-state index < -0.39 is 12.0 Å². The standard InChI is InChI=1S/C15H9BrN2O4/c16-11-6-9(3-4-12(11)19)7-13-14(20)18(15(21)22-13)10-2-1-5-17-8-10/h1-8,19H/b13-7-. The molecular weight excluding hydrogens is 352 g/mol.